The minimum atomic E-state index is 0.446. The smallest absolute Gasteiger partial charge is 0.223 e. The third-order valence-electron chi connectivity index (χ3n) is 3.89. The molecule has 116 valence electrons. The van der Waals surface area contributed by atoms with E-state index in [4.69, 9.17) is 4.74 Å². The molecule has 3 rings (SSSR count). The Hall–Kier alpha value is -2.14. The highest BCUT2D eigenvalue weighted by Gasteiger charge is 2.14. The maximum absolute atomic E-state index is 5.29. The van der Waals surface area contributed by atoms with Gasteiger partial charge in [0, 0.05) is 17.3 Å². The Bertz CT molecular complexity index is 638. The zero-order valence-corrected chi connectivity index (χ0v) is 13.1. The maximum Gasteiger partial charge on any atom is 0.223 e. The van der Waals surface area contributed by atoms with Crippen LogP contribution in [0.4, 0.5) is 5.95 Å². The van der Waals surface area contributed by atoms with Crippen molar-refractivity contribution in [3.63, 3.8) is 0 Å². The van der Waals surface area contributed by atoms with Crippen molar-refractivity contribution >= 4 is 5.95 Å². The van der Waals surface area contributed by atoms with E-state index in [1.807, 2.05) is 37.3 Å². The van der Waals surface area contributed by atoms with Gasteiger partial charge >= 0.3 is 0 Å². The van der Waals surface area contributed by atoms with Gasteiger partial charge in [-0.3, -0.25) is 0 Å². The summed E-state index contributed by atoms with van der Waals surface area (Å²) in [4.78, 5) is 9.20. The Balaban J connectivity index is 1.85. The summed E-state index contributed by atoms with van der Waals surface area (Å²) >= 11 is 0. The molecule has 1 saturated heterocycles. The van der Waals surface area contributed by atoms with Crippen molar-refractivity contribution in [1.82, 2.24) is 15.3 Å². The van der Waals surface area contributed by atoms with Crippen LogP contribution < -0.4 is 15.4 Å². The number of anilines is 1. The zero-order chi connectivity index (χ0) is 15.4. The van der Waals surface area contributed by atoms with Crippen molar-refractivity contribution in [3.05, 3.63) is 36.0 Å². The van der Waals surface area contributed by atoms with Gasteiger partial charge in [0.05, 0.1) is 12.8 Å². The third-order valence-corrected chi connectivity index (χ3v) is 3.89. The molecular formula is C17H22N4O. The third kappa shape index (κ3) is 3.54. The summed E-state index contributed by atoms with van der Waals surface area (Å²) < 4.78 is 5.29. The number of aryl methyl sites for hydroxylation is 1. The lowest BCUT2D eigenvalue weighted by atomic mass is 10.1. The average Bonchev–Trinajstić information content (AvgIpc) is 2.55. The fourth-order valence-corrected chi connectivity index (χ4v) is 2.71. The van der Waals surface area contributed by atoms with Crippen LogP contribution in [0, 0.1) is 6.92 Å². The second kappa shape index (κ2) is 6.75. The Morgan fingerprint density at radius 1 is 1.18 bits per heavy atom. The second-order valence-electron chi connectivity index (χ2n) is 5.62. The zero-order valence-electron chi connectivity index (χ0n) is 13.1. The van der Waals surface area contributed by atoms with Crippen LogP contribution in [0.25, 0.3) is 11.3 Å². The van der Waals surface area contributed by atoms with Crippen LogP contribution in [0.15, 0.2) is 30.3 Å². The molecule has 2 aromatic rings. The summed E-state index contributed by atoms with van der Waals surface area (Å²) in [5.41, 5.74) is 2.92. The number of hydrogen-bond donors (Lipinski definition) is 2. The van der Waals surface area contributed by atoms with Gasteiger partial charge < -0.3 is 15.4 Å². The molecule has 0 saturated carbocycles. The summed E-state index contributed by atoms with van der Waals surface area (Å²) in [5, 5.41) is 6.83. The van der Waals surface area contributed by atoms with Gasteiger partial charge in [0.15, 0.2) is 0 Å². The number of benzene rings is 1. The van der Waals surface area contributed by atoms with Gasteiger partial charge in [-0.1, -0.05) is 12.1 Å². The molecule has 5 nitrogen and oxygen atoms in total. The molecule has 22 heavy (non-hydrogen) atoms. The molecule has 0 bridgehead atoms. The highest BCUT2D eigenvalue weighted by atomic mass is 16.5. The summed E-state index contributed by atoms with van der Waals surface area (Å²) in [6.07, 6.45) is 2.21. The van der Waals surface area contributed by atoms with Crippen LogP contribution in [-0.2, 0) is 0 Å². The van der Waals surface area contributed by atoms with Crippen molar-refractivity contribution in [2.45, 2.75) is 25.8 Å². The van der Waals surface area contributed by atoms with E-state index in [1.54, 1.807) is 7.11 Å². The lowest BCUT2D eigenvalue weighted by Gasteiger charge is -2.23. The standard InChI is InChI=1S/C17H22N4O/c1-12-10-16(13-4-3-5-15(11-13)22-2)21-17(19-12)20-14-6-8-18-9-7-14/h3-5,10-11,14,18H,6-9H2,1-2H3,(H,19,20,21). The van der Waals surface area contributed by atoms with Gasteiger partial charge in [0.25, 0.3) is 0 Å². The predicted molar refractivity (Wildman–Crippen MR) is 88.3 cm³/mol. The number of ether oxygens (including phenoxy) is 1. The van der Waals surface area contributed by atoms with Gasteiger partial charge in [0.2, 0.25) is 5.95 Å². The van der Waals surface area contributed by atoms with Crippen LogP contribution >= 0.6 is 0 Å². The summed E-state index contributed by atoms with van der Waals surface area (Å²) in [7, 11) is 1.68. The van der Waals surface area contributed by atoms with Gasteiger partial charge in [-0.2, -0.15) is 0 Å². The highest BCUT2D eigenvalue weighted by Crippen LogP contribution is 2.24. The van der Waals surface area contributed by atoms with Crippen LogP contribution in [-0.4, -0.2) is 36.2 Å². The van der Waals surface area contributed by atoms with Crippen molar-refractivity contribution in [1.29, 1.82) is 0 Å². The molecule has 1 aromatic carbocycles. The first-order valence-corrected chi connectivity index (χ1v) is 7.72. The number of hydrogen-bond acceptors (Lipinski definition) is 5. The quantitative estimate of drug-likeness (QED) is 0.908. The maximum atomic E-state index is 5.29. The molecule has 0 spiro atoms. The molecule has 1 fully saturated rings. The number of aromatic nitrogens is 2. The monoisotopic (exact) mass is 298 g/mol. The first-order valence-electron chi connectivity index (χ1n) is 7.72. The molecule has 2 N–H and O–H groups in total. The fraction of sp³-hybridized carbons (Fsp3) is 0.412. The molecule has 0 aliphatic carbocycles. The van der Waals surface area contributed by atoms with E-state index in [0.717, 1.165) is 48.6 Å². The number of piperidine rings is 1. The summed E-state index contributed by atoms with van der Waals surface area (Å²) in [6.45, 7) is 4.09. The molecule has 1 aromatic heterocycles. The number of nitrogens with one attached hydrogen (secondary N) is 2. The first-order chi connectivity index (χ1) is 10.7. The van der Waals surface area contributed by atoms with Crippen molar-refractivity contribution in [2.75, 3.05) is 25.5 Å². The molecular weight excluding hydrogens is 276 g/mol. The van der Waals surface area contributed by atoms with Crippen molar-refractivity contribution in [2.24, 2.45) is 0 Å². The molecule has 5 heteroatoms. The van der Waals surface area contributed by atoms with Crippen molar-refractivity contribution < 1.29 is 4.74 Å². The van der Waals surface area contributed by atoms with E-state index < -0.39 is 0 Å². The predicted octanol–water partition coefficient (Wildman–Crippen LogP) is 2.62. The lowest BCUT2D eigenvalue weighted by Crippen LogP contribution is -2.35. The van der Waals surface area contributed by atoms with Gasteiger partial charge in [-0.05, 0) is 51.1 Å². The Kier molecular flexibility index (Phi) is 4.53. The lowest BCUT2D eigenvalue weighted by molar-refractivity contribution is 0.415. The number of rotatable bonds is 4. The van der Waals surface area contributed by atoms with Gasteiger partial charge in [-0.25, -0.2) is 9.97 Å². The molecule has 2 heterocycles. The topological polar surface area (TPSA) is 59.1 Å². The summed E-state index contributed by atoms with van der Waals surface area (Å²) in [6, 6.07) is 10.4. The number of nitrogens with zero attached hydrogens (tertiary/aromatic N) is 2. The van der Waals surface area contributed by atoms with E-state index in [-0.39, 0.29) is 0 Å². The molecule has 1 aliphatic rings. The van der Waals surface area contributed by atoms with Gasteiger partial charge in [-0.15, -0.1) is 0 Å². The molecule has 1 aliphatic heterocycles. The minimum Gasteiger partial charge on any atom is -0.497 e. The Labute approximate surface area is 131 Å². The number of methoxy groups -OCH3 is 1. The van der Waals surface area contributed by atoms with Gasteiger partial charge in [0.1, 0.15) is 5.75 Å². The highest BCUT2D eigenvalue weighted by molar-refractivity contribution is 5.62. The SMILES string of the molecule is COc1cccc(-c2cc(C)nc(NC3CCNCC3)n2)c1. The summed E-state index contributed by atoms with van der Waals surface area (Å²) in [5.74, 6) is 1.55. The molecule has 0 atom stereocenters. The molecule has 0 unspecified atom stereocenters. The first kappa shape index (κ1) is 14.8. The van der Waals surface area contributed by atoms with Crippen LogP contribution in [0.5, 0.6) is 5.75 Å². The molecule has 0 radical (unpaired) electrons. The largest absolute Gasteiger partial charge is 0.497 e. The normalized spacial score (nSPS) is 15.5. The molecule has 0 amide bonds. The average molecular weight is 298 g/mol. The van der Waals surface area contributed by atoms with E-state index >= 15 is 0 Å². The Morgan fingerprint density at radius 2 is 2.00 bits per heavy atom. The van der Waals surface area contributed by atoms with Crippen LogP contribution in [0.2, 0.25) is 0 Å². The van der Waals surface area contributed by atoms with E-state index in [1.165, 1.54) is 0 Å². The fourth-order valence-electron chi connectivity index (χ4n) is 2.71. The second-order valence-corrected chi connectivity index (χ2v) is 5.62. The van der Waals surface area contributed by atoms with Crippen LogP contribution in [0.3, 0.4) is 0 Å². The van der Waals surface area contributed by atoms with E-state index in [2.05, 4.69) is 20.6 Å². The van der Waals surface area contributed by atoms with Crippen LogP contribution in [0.1, 0.15) is 18.5 Å². The minimum absolute atomic E-state index is 0.446. The van der Waals surface area contributed by atoms with E-state index in [9.17, 15) is 0 Å². The van der Waals surface area contributed by atoms with Crippen molar-refractivity contribution in [3.8, 4) is 17.0 Å². The Morgan fingerprint density at radius 3 is 2.77 bits per heavy atom. The van der Waals surface area contributed by atoms with E-state index in [0.29, 0.717) is 12.0 Å².